The second kappa shape index (κ2) is 6.28. The van der Waals surface area contributed by atoms with E-state index in [0.717, 1.165) is 0 Å². The molecule has 0 heterocycles. The van der Waals surface area contributed by atoms with Gasteiger partial charge in [-0.05, 0) is 12.2 Å². The highest BCUT2D eigenvalue weighted by atomic mass is 32.1. The van der Waals surface area contributed by atoms with Gasteiger partial charge in [-0.2, -0.15) is 0 Å². The first-order valence-corrected chi connectivity index (χ1v) is 3.01. The topological polar surface area (TPSA) is 72.3 Å². The molecule has 0 aromatic carbocycles. The highest BCUT2D eigenvalue weighted by Gasteiger charge is 1.87. The maximum Gasteiger partial charge on any atom is 0.218 e. The number of nitrogens with zero attached hydrogens (tertiary/aromatic N) is 1. The number of hydrogen-bond donors (Lipinski definition) is 2. The van der Waals surface area contributed by atoms with Crippen molar-refractivity contribution in [3.8, 4) is 0 Å². The van der Waals surface area contributed by atoms with Gasteiger partial charge in [0.25, 0.3) is 0 Å². The van der Waals surface area contributed by atoms with Crippen LogP contribution in [0.1, 0.15) is 6.92 Å². The SMILES string of the molecule is CC(=O)N(C)C.NC(N)=S. The molecule has 0 aliphatic rings. The monoisotopic (exact) mass is 163 g/mol. The number of hydrogen-bond acceptors (Lipinski definition) is 2. The summed E-state index contributed by atoms with van der Waals surface area (Å²) in [6.07, 6.45) is 0. The lowest BCUT2D eigenvalue weighted by molar-refractivity contribution is -0.126. The van der Waals surface area contributed by atoms with Crippen molar-refractivity contribution < 1.29 is 4.79 Å². The molecule has 0 unspecified atom stereocenters. The lowest BCUT2D eigenvalue weighted by Crippen LogP contribution is -2.18. The van der Waals surface area contributed by atoms with Crippen LogP contribution in [0.25, 0.3) is 0 Å². The third kappa shape index (κ3) is 27.2. The Hall–Kier alpha value is -0.840. The first-order chi connectivity index (χ1) is 4.37. The first-order valence-electron chi connectivity index (χ1n) is 2.60. The zero-order valence-corrected chi connectivity index (χ0v) is 7.23. The fourth-order valence-electron chi connectivity index (χ4n) is 0. The third-order valence-corrected chi connectivity index (χ3v) is 0.630. The van der Waals surface area contributed by atoms with Crippen LogP contribution in [0.3, 0.4) is 0 Å². The second-order valence-electron chi connectivity index (χ2n) is 1.82. The molecule has 0 saturated heterocycles. The molecule has 0 aliphatic carbocycles. The Morgan fingerprint density at radius 3 is 1.50 bits per heavy atom. The summed E-state index contributed by atoms with van der Waals surface area (Å²) < 4.78 is 0. The number of rotatable bonds is 0. The predicted molar refractivity (Wildman–Crippen MR) is 45.3 cm³/mol. The van der Waals surface area contributed by atoms with Crippen molar-refractivity contribution in [1.29, 1.82) is 0 Å². The predicted octanol–water partition coefficient (Wildman–Crippen LogP) is -0.717. The number of carbonyl (C=O) groups excluding carboxylic acids is 1. The molecule has 0 saturated carbocycles. The van der Waals surface area contributed by atoms with Gasteiger partial charge < -0.3 is 16.4 Å². The standard InChI is InChI=1S/C4H9NO.CH4N2S/c1-4(6)5(2)3;2-1(3)4/h1-3H3;(H4,2,3,4). The fourth-order valence-corrected chi connectivity index (χ4v) is 0. The molecule has 0 fully saturated rings. The van der Waals surface area contributed by atoms with Crippen LogP contribution in [0.15, 0.2) is 0 Å². The van der Waals surface area contributed by atoms with E-state index in [1.54, 1.807) is 14.1 Å². The molecule has 0 spiro atoms. The number of thiocarbonyl (C=S) groups is 1. The Kier molecular flexibility index (Phi) is 7.47. The van der Waals surface area contributed by atoms with E-state index in [4.69, 9.17) is 0 Å². The minimum atomic E-state index is 0.000000000000000222. The van der Waals surface area contributed by atoms with Crippen molar-refractivity contribution in [2.24, 2.45) is 11.5 Å². The molecular formula is C5H13N3OS. The average Bonchev–Trinajstić information content (AvgIpc) is 1.63. The summed E-state index contributed by atoms with van der Waals surface area (Å²) in [5.41, 5.74) is 9.24. The summed E-state index contributed by atoms with van der Waals surface area (Å²) >= 11 is 4.09. The van der Waals surface area contributed by atoms with E-state index in [-0.39, 0.29) is 11.0 Å². The molecule has 0 aliphatic heterocycles. The van der Waals surface area contributed by atoms with Crippen LogP contribution >= 0.6 is 12.2 Å². The van der Waals surface area contributed by atoms with Gasteiger partial charge in [-0.1, -0.05) is 0 Å². The van der Waals surface area contributed by atoms with Gasteiger partial charge in [-0.25, -0.2) is 0 Å². The maximum absolute atomic E-state index is 10.1. The second-order valence-corrected chi connectivity index (χ2v) is 2.29. The summed E-state index contributed by atoms with van der Waals surface area (Å²) in [7, 11) is 3.45. The maximum atomic E-state index is 10.1. The summed E-state index contributed by atoms with van der Waals surface area (Å²) in [5.74, 6) is 0.0926. The minimum absolute atomic E-state index is 0.000000000000000222. The van der Waals surface area contributed by atoms with E-state index in [1.807, 2.05) is 0 Å². The molecular weight excluding hydrogens is 150 g/mol. The van der Waals surface area contributed by atoms with Gasteiger partial charge in [0, 0.05) is 21.0 Å². The molecule has 0 aromatic heterocycles. The Bertz CT molecular complexity index is 120. The Morgan fingerprint density at radius 1 is 1.40 bits per heavy atom. The molecule has 0 bridgehead atoms. The molecule has 4 nitrogen and oxygen atoms in total. The summed E-state index contributed by atoms with van der Waals surface area (Å²) in [5, 5.41) is 0.000000000000000222. The number of amides is 1. The van der Waals surface area contributed by atoms with Gasteiger partial charge in [0.1, 0.15) is 0 Å². The van der Waals surface area contributed by atoms with Gasteiger partial charge in [0.2, 0.25) is 5.91 Å². The highest BCUT2D eigenvalue weighted by Crippen LogP contribution is 1.69. The van der Waals surface area contributed by atoms with Crippen LogP contribution in [0, 0.1) is 0 Å². The molecule has 60 valence electrons. The van der Waals surface area contributed by atoms with Gasteiger partial charge in [0.05, 0.1) is 0 Å². The van der Waals surface area contributed by atoms with Crippen molar-refractivity contribution in [3.63, 3.8) is 0 Å². The molecule has 0 aromatic rings. The smallest absolute Gasteiger partial charge is 0.218 e. The summed E-state index contributed by atoms with van der Waals surface area (Å²) in [4.78, 5) is 11.6. The molecule has 5 heteroatoms. The number of nitrogens with two attached hydrogens (primary N) is 2. The van der Waals surface area contributed by atoms with E-state index >= 15 is 0 Å². The highest BCUT2D eigenvalue weighted by molar-refractivity contribution is 7.80. The Morgan fingerprint density at radius 2 is 1.50 bits per heavy atom. The summed E-state index contributed by atoms with van der Waals surface area (Å²) in [6, 6.07) is 0. The van der Waals surface area contributed by atoms with Gasteiger partial charge in [0.15, 0.2) is 5.11 Å². The normalized spacial score (nSPS) is 7.10. The average molecular weight is 163 g/mol. The quantitative estimate of drug-likeness (QED) is 0.462. The molecule has 0 rings (SSSR count). The van der Waals surface area contributed by atoms with E-state index in [1.165, 1.54) is 11.8 Å². The van der Waals surface area contributed by atoms with E-state index < -0.39 is 0 Å². The van der Waals surface area contributed by atoms with E-state index in [2.05, 4.69) is 23.7 Å². The fraction of sp³-hybridized carbons (Fsp3) is 0.600. The molecule has 4 N–H and O–H groups in total. The van der Waals surface area contributed by atoms with E-state index in [9.17, 15) is 4.79 Å². The lowest BCUT2D eigenvalue weighted by Gasteiger charge is -2.02. The van der Waals surface area contributed by atoms with Crippen LogP contribution in [0.5, 0.6) is 0 Å². The zero-order valence-electron chi connectivity index (χ0n) is 6.42. The Balaban J connectivity index is 0. The van der Waals surface area contributed by atoms with Crippen molar-refractivity contribution in [3.05, 3.63) is 0 Å². The van der Waals surface area contributed by atoms with Crippen LogP contribution in [0.2, 0.25) is 0 Å². The van der Waals surface area contributed by atoms with E-state index in [0.29, 0.717) is 0 Å². The van der Waals surface area contributed by atoms with Crippen molar-refractivity contribution in [1.82, 2.24) is 4.90 Å². The van der Waals surface area contributed by atoms with Crippen LogP contribution in [-0.4, -0.2) is 30.0 Å². The van der Waals surface area contributed by atoms with Crippen molar-refractivity contribution >= 4 is 23.2 Å². The van der Waals surface area contributed by atoms with Crippen molar-refractivity contribution in [2.45, 2.75) is 6.92 Å². The minimum Gasteiger partial charge on any atom is -0.377 e. The van der Waals surface area contributed by atoms with Crippen LogP contribution in [-0.2, 0) is 4.79 Å². The summed E-state index contributed by atoms with van der Waals surface area (Å²) in [6.45, 7) is 1.53. The third-order valence-electron chi connectivity index (χ3n) is 0.630. The zero-order chi connectivity index (χ0) is 8.73. The lowest BCUT2D eigenvalue weighted by atomic mass is 10.7. The molecule has 10 heavy (non-hydrogen) atoms. The van der Waals surface area contributed by atoms with Crippen molar-refractivity contribution in [2.75, 3.05) is 14.1 Å². The van der Waals surface area contributed by atoms with Crippen LogP contribution in [0.4, 0.5) is 0 Å². The van der Waals surface area contributed by atoms with Crippen LogP contribution < -0.4 is 11.5 Å². The first kappa shape index (κ1) is 11.9. The van der Waals surface area contributed by atoms with Gasteiger partial charge >= 0.3 is 0 Å². The largest absolute Gasteiger partial charge is 0.377 e. The number of carbonyl (C=O) groups is 1. The van der Waals surface area contributed by atoms with Gasteiger partial charge in [-0.15, -0.1) is 0 Å². The Labute approximate surface area is 66.2 Å². The van der Waals surface area contributed by atoms with Gasteiger partial charge in [-0.3, -0.25) is 4.79 Å². The molecule has 0 radical (unpaired) electrons. The molecule has 0 atom stereocenters. The molecule has 1 amide bonds.